The van der Waals surface area contributed by atoms with Crippen molar-refractivity contribution in [3.63, 3.8) is 0 Å². The van der Waals surface area contributed by atoms with Crippen molar-refractivity contribution >= 4 is 6.21 Å². The zero-order valence-corrected chi connectivity index (χ0v) is 6.15. The molecule has 0 fully saturated rings. The van der Waals surface area contributed by atoms with Crippen molar-refractivity contribution in [1.29, 1.82) is 0 Å². The van der Waals surface area contributed by atoms with E-state index < -0.39 is 11.9 Å². The van der Waals surface area contributed by atoms with Crippen molar-refractivity contribution in [3.8, 4) is 0 Å². The van der Waals surface area contributed by atoms with Gasteiger partial charge in [0.25, 0.3) is 0 Å². The van der Waals surface area contributed by atoms with Crippen molar-refractivity contribution < 1.29 is 18.4 Å². The van der Waals surface area contributed by atoms with E-state index in [-0.39, 0.29) is 5.82 Å². The van der Waals surface area contributed by atoms with E-state index in [1.54, 1.807) is 0 Å². The highest BCUT2D eigenvalue weighted by Crippen LogP contribution is 2.26. The predicted octanol–water partition coefficient (Wildman–Crippen LogP) is 1.30. The molecule has 0 aromatic carbocycles. The molecule has 4 nitrogen and oxygen atoms in total. The lowest BCUT2D eigenvalue weighted by Crippen LogP contribution is -2.10. The first-order chi connectivity index (χ1) is 6.04. The topological polar surface area (TPSA) is 58.4 Å². The Morgan fingerprint density at radius 3 is 2.69 bits per heavy atom. The van der Waals surface area contributed by atoms with Gasteiger partial charge in [-0.2, -0.15) is 13.2 Å². The van der Waals surface area contributed by atoms with Crippen molar-refractivity contribution in [2.24, 2.45) is 5.16 Å². The Morgan fingerprint density at radius 2 is 2.15 bits per heavy atom. The molecule has 1 N–H and O–H groups in total. The first-order valence-electron chi connectivity index (χ1n) is 3.11. The van der Waals surface area contributed by atoms with E-state index in [4.69, 9.17) is 5.21 Å². The number of alkyl halides is 3. The molecule has 0 saturated heterocycles. The molecule has 70 valence electrons. The van der Waals surface area contributed by atoms with Gasteiger partial charge in [-0.15, -0.1) is 0 Å². The monoisotopic (exact) mass is 191 g/mol. The zero-order valence-electron chi connectivity index (χ0n) is 6.15. The molecule has 13 heavy (non-hydrogen) atoms. The quantitative estimate of drug-likeness (QED) is 0.413. The summed E-state index contributed by atoms with van der Waals surface area (Å²) in [6, 6.07) is 0.731. The van der Waals surface area contributed by atoms with Crippen LogP contribution in [0.2, 0.25) is 0 Å². The fourth-order valence-corrected chi connectivity index (χ4v) is 0.645. The Labute approximate surface area is 70.7 Å². The number of halogens is 3. The molecule has 0 radical (unpaired) electrons. The van der Waals surface area contributed by atoms with Crippen LogP contribution in [0, 0.1) is 0 Å². The molecule has 1 aromatic heterocycles. The Kier molecular flexibility index (Phi) is 2.45. The first kappa shape index (κ1) is 9.43. The highest BCUT2D eigenvalue weighted by Gasteiger charge is 2.32. The Balaban J connectivity index is 3.05. The van der Waals surface area contributed by atoms with Crippen LogP contribution in [-0.4, -0.2) is 21.4 Å². The third-order valence-electron chi connectivity index (χ3n) is 1.14. The molecule has 0 aliphatic heterocycles. The average Bonchev–Trinajstić information content (AvgIpc) is 2.04. The normalized spacial score (nSPS) is 12.2. The van der Waals surface area contributed by atoms with Crippen LogP contribution in [0.25, 0.3) is 0 Å². The molecule has 0 spiro atoms. The molecule has 0 saturated carbocycles. The van der Waals surface area contributed by atoms with Crippen LogP contribution in [0.4, 0.5) is 13.2 Å². The number of hydrogen-bond acceptors (Lipinski definition) is 4. The van der Waals surface area contributed by atoms with Crippen LogP contribution >= 0.6 is 0 Å². The molecule has 1 heterocycles. The maximum atomic E-state index is 12.0. The second-order valence-electron chi connectivity index (χ2n) is 2.04. The maximum Gasteiger partial charge on any atom is 0.433 e. The van der Waals surface area contributed by atoms with E-state index in [0.29, 0.717) is 0 Å². The fourth-order valence-electron chi connectivity index (χ4n) is 0.645. The standard InChI is InChI=1S/C6H4F3N3O/c7-6(8,9)4-1-2-10-5(12-4)3-11-13/h1-3,13H. The molecule has 1 aromatic rings. The van der Waals surface area contributed by atoms with Gasteiger partial charge in [-0.05, 0) is 6.07 Å². The molecule has 0 unspecified atom stereocenters. The minimum Gasteiger partial charge on any atom is -0.411 e. The third kappa shape index (κ3) is 2.39. The van der Waals surface area contributed by atoms with Crippen LogP contribution in [-0.2, 0) is 6.18 Å². The van der Waals surface area contributed by atoms with Gasteiger partial charge in [0.1, 0.15) is 11.9 Å². The summed E-state index contributed by atoms with van der Waals surface area (Å²) in [5.74, 6) is -0.294. The van der Waals surface area contributed by atoms with Gasteiger partial charge in [-0.25, -0.2) is 9.97 Å². The number of aromatic nitrogens is 2. The molecular weight excluding hydrogens is 187 g/mol. The summed E-state index contributed by atoms with van der Waals surface area (Å²) in [6.07, 6.45) is -2.86. The summed E-state index contributed by atoms with van der Waals surface area (Å²) in [7, 11) is 0. The lowest BCUT2D eigenvalue weighted by Gasteiger charge is -2.04. The minimum absolute atomic E-state index is 0.294. The van der Waals surface area contributed by atoms with Gasteiger partial charge >= 0.3 is 6.18 Å². The molecule has 0 aliphatic rings. The molecule has 0 aliphatic carbocycles. The summed E-state index contributed by atoms with van der Waals surface area (Å²) in [5.41, 5.74) is -1.07. The second kappa shape index (κ2) is 3.38. The summed E-state index contributed by atoms with van der Waals surface area (Å²) in [4.78, 5) is 6.51. The molecule has 0 atom stereocenters. The van der Waals surface area contributed by atoms with Gasteiger partial charge < -0.3 is 5.21 Å². The number of nitrogens with zero attached hydrogens (tertiary/aromatic N) is 3. The van der Waals surface area contributed by atoms with Crippen LogP contribution in [0.15, 0.2) is 17.4 Å². The highest BCUT2D eigenvalue weighted by molar-refractivity contribution is 5.73. The van der Waals surface area contributed by atoms with E-state index in [0.717, 1.165) is 18.5 Å². The van der Waals surface area contributed by atoms with Crippen LogP contribution < -0.4 is 0 Å². The van der Waals surface area contributed by atoms with Gasteiger partial charge in [0, 0.05) is 6.20 Å². The average molecular weight is 191 g/mol. The van der Waals surface area contributed by atoms with E-state index in [1.807, 2.05) is 0 Å². The Hall–Kier alpha value is -1.66. The van der Waals surface area contributed by atoms with Crippen molar-refractivity contribution in [2.45, 2.75) is 6.18 Å². The molecule has 0 bridgehead atoms. The first-order valence-corrected chi connectivity index (χ1v) is 3.11. The van der Waals surface area contributed by atoms with E-state index in [2.05, 4.69) is 15.1 Å². The second-order valence-corrected chi connectivity index (χ2v) is 2.04. The molecular formula is C6H4F3N3O. The predicted molar refractivity (Wildman–Crippen MR) is 36.4 cm³/mol. The Morgan fingerprint density at radius 1 is 1.46 bits per heavy atom. The summed E-state index contributed by atoms with van der Waals surface area (Å²) in [5, 5.41) is 10.5. The van der Waals surface area contributed by atoms with E-state index >= 15 is 0 Å². The number of hydrogen-bond donors (Lipinski definition) is 1. The number of rotatable bonds is 1. The Bertz CT molecular complexity index is 323. The minimum atomic E-state index is -4.51. The lowest BCUT2D eigenvalue weighted by molar-refractivity contribution is -0.141. The third-order valence-corrected chi connectivity index (χ3v) is 1.14. The van der Waals surface area contributed by atoms with Gasteiger partial charge in [0.05, 0.1) is 0 Å². The van der Waals surface area contributed by atoms with Crippen molar-refractivity contribution in [3.05, 3.63) is 23.8 Å². The summed E-state index contributed by atoms with van der Waals surface area (Å²) in [6.45, 7) is 0. The van der Waals surface area contributed by atoms with Crippen molar-refractivity contribution in [2.75, 3.05) is 0 Å². The van der Waals surface area contributed by atoms with Gasteiger partial charge in [-0.1, -0.05) is 5.16 Å². The van der Waals surface area contributed by atoms with E-state index in [9.17, 15) is 13.2 Å². The molecule has 0 amide bonds. The zero-order chi connectivity index (χ0) is 9.90. The van der Waals surface area contributed by atoms with Crippen LogP contribution in [0.3, 0.4) is 0 Å². The number of oxime groups is 1. The highest BCUT2D eigenvalue weighted by atomic mass is 19.4. The maximum absolute atomic E-state index is 12.0. The molecule has 1 rings (SSSR count). The van der Waals surface area contributed by atoms with Gasteiger partial charge in [-0.3, -0.25) is 0 Å². The fraction of sp³-hybridized carbons (Fsp3) is 0.167. The van der Waals surface area contributed by atoms with Crippen LogP contribution in [0.5, 0.6) is 0 Å². The largest absolute Gasteiger partial charge is 0.433 e. The van der Waals surface area contributed by atoms with Crippen molar-refractivity contribution in [1.82, 2.24) is 9.97 Å². The summed E-state index contributed by atoms with van der Waals surface area (Å²) < 4.78 is 36.0. The van der Waals surface area contributed by atoms with E-state index in [1.165, 1.54) is 0 Å². The summed E-state index contributed by atoms with van der Waals surface area (Å²) >= 11 is 0. The smallest absolute Gasteiger partial charge is 0.411 e. The lowest BCUT2D eigenvalue weighted by atomic mass is 10.4. The van der Waals surface area contributed by atoms with Gasteiger partial charge in [0.15, 0.2) is 5.82 Å². The SMILES string of the molecule is ON=Cc1nccc(C(F)(F)F)n1. The van der Waals surface area contributed by atoms with Crippen LogP contribution in [0.1, 0.15) is 11.5 Å². The van der Waals surface area contributed by atoms with Gasteiger partial charge in [0.2, 0.25) is 0 Å². The molecule has 7 heteroatoms.